The highest BCUT2D eigenvalue weighted by Gasteiger charge is 2.17. The first-order valence-electron chi connectivity index (χ1n) is 7.76. The van der Waals surface area contributed by atoms with E-state index < -0.39 is 0 Å². The molecule has 3 rings (SSSR count). The van der Waals surface area contributed by atoms with E-state index in [4.69, 9.17) is 15.1 Å². The molecule has 0 aliphatic carbocycles. The molecule has 2 aromatic carbocycles. The summed E-state index contributed by atoms with van der Waals surface area (Å²) in [6, 6.07) is 14.1. The number of aliphatic imine (C=N–C) groups is 1. The molecule has 26 heavy (non-hydrogen) atoms. The third-order valence-corrected chi connectivity index (χ3v) is 3.57. The van der Waals surface area contributed by atoms with Gasteiger partial charge < -0.3 is 15.8 Å². The zero-order valence-corrected chi connectivity index (χ0v) is 14.3. The number of anilines is 1. The van der Waals surface area contributed by atoms with Gasteiger partial charge in [-0.15, -0.1) is 0 Å². The first-order chi connectivity index (χ1) is 12.6. The number of aryl methyl sites for hydroxylation is 1. The van der Waals surface area contributed by atoms with Crippen LogP contribution in [-0.4, -0.2) is 29.2 Å². The molecule has 0 saturated heterocycles. The lowest BCUT2D eigenvalue weighted by Gasteiger charge is -2.04. The second kappa shape index (κ2) is 7.47. The highest BCUT2D eigenvalue weighted by molar-refractivity contribution is 6.08. The van der Waals surface area contributed by atoms with Gasteiger partial charge in [0, 0.05) is 5.56 Å². The SMILES string of the molecule is COc1ccc(C(=O)Nc2nonc2C(N)=Nc2cccc(C)c2)cc1. The summed E-state index contributed by atoms with van der Waals surface area (Å²) in [5.41, 5.74) is 8.29. The second-order valence-corrected chi connectivity index (χ2v) is 5.48. The van der Waals surface area contributed by atoms with Gasteiger partial charge in [-0.1, -0.05) is 12.1 Å². The van der Waals surface area contributed by atoms with Crippen LogP contribution in [0, 0.1) is 6.92 Å². The Morgan fingerprint density at radius 3 is 2.65 bits per heavy atom. The summed E-state index contributed by atoms with van der Waals surface area (Å²) >= 11 is 0. The lowest BCUT2D eigenvalue weighted by molar-refractivity contribution is 0.102. The summed E-state index contributed by atoms with van der Waals surface area (Å²) in [6.45, 7) is 1.95. The van der Waals surface area contributed by atoms with E-state index in [9.17, 15) is 4.79 Å². The average Bonchev–Trinajstić information content (AvgIpc) is 3.10. The predicted molar refractivity (Wildman–Crippen MR) is 96.8 cm³/mol. The van der Waals surface area contributed by atoms with Crippen molar-refractivity contribution in [2.75, 3.05) is 12.4 Å². The highest BCUT2D eigenvalue weighted by Crippen LogP contribution is 2.18. The number of nitrogens with two attached hydrogens (primary N) is 1. The van der Waals surface area contributed by atoms with E-state index in [1.165, 1.54) is 0 Å². The number of carbonyl (C=O) groups excluding carboxylic acids is 1. The average molecular weight is 351 g/mol. The van der Waals surface area contributed by atoms with Crippen molar-refractivity contribution in [2.45, 2.75) is 6.92 Å². The Balaban J connectivity index is 1.80. The summed E-state index contributed by atoms with van der Waals surface area (Å²) in [7, 11) is 1.55. The Morgan fingerprint density at radius 1 is 1.19 bits per heavy atom. The normalized spacial score (nSPS) is 11.2. The standard InChI is InChI=1S/C18H17N5O3/c1-11-4-3-5-13(10-11)20-16(19)15-17(23-26-22-15)21-18(24)12-6-8-14(25-2)9-7-12/h3-10H,1-2H3,(H2,19,20)(H,21,23,24). The number of amidine groups is 1. The summed E-state index contributed by atoms with van der Waals surface area (Å²) in [6.07, 6.45) is 0. The topological polar surface area (TPSA) is 116 Å². The lowest BCUT2D eigenvalue weighted by Crippen LogP contribution is -2.19. The zero-order chi connectivity index (χ0) is 18.5. The van der Waals surface area contributed by atoms with E-state index in [0.29, 0.717) is 17.0 Å². The maximum atomic E-state index is 12.3. The van der Waals surface area contributed by atoms with Gasteiger partial charge in [0.15, 0.2) is 11.5 Å². The first kappa shape index (κ1) is 17.2. The van der Waals surface area contributed by atoms with Crippen LogP contribution in [0.25, 0.3) is 0 Å². The molecule has 0 bridgehead atoms. The molecule has 0 aliphatic rings. The summed E-state index contributed by atoms with van der Waals surface area (Å²) < 4.78 is 9.77. The minimum absolute atomic E-state index is 0.0851. The van der Waals surface area contributed by atoms with Gasteiger partial charge in [0.1, 0.15) is 5.75 Å². The van der Waals surface area contributed by atoms with Gasteiger partial charge in [-0.25, -0.2) is 9.62 Å². The van der Waals surface area contributed by atoms with Crippen LogP contribution in [0.3, 0.4) is 0 Å². The van der Waals surface area contributed by atoms with Crippen LogP contribution in [-0.2, 0) is 0 Å². The monoisotopic (exact) mass is 351 g/mol. The molecule has 1 amide bonds. The fraction of sp³-hybridized carbons (Fsp3) is 0.111. The number of amides is 1. The minimum atomic E-state index is -0.382. The van der Waals surface area contributed by atoms with Gasteiger partial charge in [-0.05, 0) is 59.2 Å². The van der Waals surface area contributed by atoms with E-state index in [2.05, 4.69) is 20.6 Å². The Kier molecular flexibility index (Phi) is 4.93. The van der Waals surface area contributed by atoms with E-state index in [0.717, 1.165) is 5.56 Å². The fourth-order valence-electron chi connectivity index (χ4n) is 2.25. The molecule has 0 aliphatic heterocycles. The predicted octanol–water partition coefficient (Wildman–Crippen LogP) is 2.68. The smallest absolute Gasteiger partial charge is 0.256 e. The van der Waals surface area contributed by atoms with Gasteiger partial charge in [-0.2, -0.15) is 0 Å². The molecule has 3 aromatic rings. The molecule has 1 aromatic heterocycles. The van der Waals surface area contributed by atoms with E-state index in [1.807, 2.05) is 31.2 Å². The van der Waals surface area contributed by atoms with Gasteiger partial charge in [-0.3, -0.25) is 4.79 Å². The number of carbonyl (C=O) groups is 1. The molecular weight excluding hydrogens is 334 g/mol. The number of aromatic nitrogens is 2. The van der Waals surface area contributed by atoms with Crippen molar-refractivity contribution in [1.82, 2.24) is 10.3 Å². The third kappa shape index (κ3) is 3.86. The van der Waals surface area contributed by atoms with E-state index in [-0.39, 0.29) is 23.3 Å². The number of methoxy groups -OCH3 is 1. The number of hydrogen-bond donors (Lipinski definition) is 2. The van der Waals surface area contributed by atoms with Crippen LogP contribution in [0.15, 0.2) is 58.2 Å². The van der Waals surface area contributed by atoms with Crippen molar-refractivity contribution in [3.63, 3.8) is 0 Å². The largest absolute Gasteiger partial charge is 0.497 e. The number of benzene rings is 2. The summed E-state index contributed by atoms with van der Waals surface area (Å²) in [5.74, 6) is 0.453. The van der Waals surface area contributed by atoms with Crippen molar-refractivity contribution >= 4 is 23.2 Å². The maximum absolute atomic E-state index is 12.3. The number of nitrogens with one attached hydrogen (secondary N) is 1. The molecule has 0 atom stereocenters. The van der Waals surface area contributed by atoms with Gasteiger partial charge in [0.2, 0.25) is 5.82 Å². The van der Waals surface area contributed by atoms with Crippen LogP contribution < -0.4 is 15.8 Å². The van der Waals surface area contributed by atoms with Crippen molar-refractivity contribution in [2.24, 2.45) is 10.7 Å². The quantitative estimate of drug-likeness (QED) is 0.539. The molecule has 8 heteroatoms. The first-order valence-corrected chi connectivity index (χ1v) is 7.76. The number of rotatable bonds is 5. The highest BCUT2D eigenvalue weighted by atomic mass is 16.6. The summed E-state index contributed by atoms with van der Waals surface area (Å²) in [5, 5.41) is 10.0. The Labute approximate surface area is 149 Å². The van der Waals surface area contributed by atoms with Gasteiger partial charge in [0.25, 0.3) is 5.91 Å². The number of nitrogens with zero attached hydrogens (tertiary/aromatic N) is 3. The molecule has 0 radical (unpaired) electrons. The van der Waals surface area contributed by atoms with E-state index >= 15 is 0 Å². The third-order valence-electron chi connectivity index (χ3n) is 3.57. The van der Waals surface area contributed by atoms with Crippen molar-refractivity contribution in [1.29, 1.82) is 0 Å². The van der Waals surface area contributed by atoms with Crippen molar-refractivity contribution in [3.8, 4) is 5.75 Å². The van der Waals surface area contributed by atoms with Crippen LogP contribution >= 0.6 is 0 Å². The molecule has 132 valence electrons. The van der Waals surface area contributed by atoms with Gasteiger partial charge >= 0.3 is 0 Å². The maximum Gasteiger partial charge on any atom is 0.256 e. The van der Waals surface area contributed by atoms with Gasteiger partial charge in [0.05, 0.1) is 12.8 Å². The van der Waals surface area contributed by atoms with E-state index in [1.54, 1.807) is 31.4 Å². The Bertz CT molecular complexity index is 947. The molecule has 0 fully saturated rings. The van der Waals surface area contributed by atoms with Crippen molar-refractivity contribution in [3.05, 3.63) is 65.4 Å². The van der Waals surface area contributed by atoms with Crippen LogP contribution in [0.5, 0.6) is 5.75 Å². The lowest BCUT2D eigenvalue weighted by atomic mass is 10.2. The summed E-state index contributed by atoms with van der Waals surface area (Å²) in [4.78, 5) is 16.6. The molecule has 0 unspecified atom stereocenters. The Hall–Kier alpha value is -3.68. The van der Waals surface area contributed by atoms with Crippen molar-refractivity contribution < 1.29 is 14.2 Å². The van der Waals surface area contributed by atoms with Crippen LogP contribution in [0.4, 0.5) is 11.5 Å². The molecule has 0 saturated carbocycles. The Morgan fingerprint density at radius 2 is 1.96 bits per heavy atom. The fourth-order valence-corrected chi connectivity index (χ4v) is 2.25. The number of hydrogen-bond acceptors (Lipinski definition) is 6. The molecule has 8 nitrogen and oxygen atoms in total. The van der Waals surface area contributed by atoms with Crippen LogP contribution in [0.1, 0.15) is 21.6 Å². The minimum Gasteiger partial charge on any atom is -0.497 e. The second-order valence-electron chi connectivity index (χ2n) is 5.48. The molecule has 1 heterocycles. The molecule has 3 N–H and O–H groups in total. The van der Waals surface area contributed by atoms with Crippen LogP contribution in [0.2, 0.25) is 0 Å². The zero-order valence-electron chi connectivity index (χ0n) is 14.3. The number of ether oxygens (including phenoxy) is 1. The molecular formula is C18H17N5O3. The molecule has 0 spiro atoms.